The third kappa shape index (κ3) is 2.70. The Hall–Kier alpha value is -1.61. The van der Waals surface area contributed by atoms with Crippen LogP contribution in [0.1, 0.15) is 5.56 Å². The van der Waals surface area contributed by atoms with Gasteiger partial charge in [-0.3, -0.25) is 0 Å². The fourth-order valence-electron chi connectivity index (χ4n) is 1.35. The summed E-state index contributed by atoms with van der Waals surface area (Å²) in [7, 11) is 0. The van der Waals surface area contributed by atoms with Gasteiger partial charge >= 0.3 is 0 Å². The molecule has 0 saturated carbocycles. The summed E-state index contributed by atoms with van der Waals surface area (Å²) in [6, 6.07) is 15.6. The van der Waals surface area contributed by atoms with Gasteiger partial charge in [0.2, 0.25) is 0 Å². The molecule has 2 rings (SSSR count). The van der Waals surface area contributed by atoms with Gasteiger partial charge in [-0.25, -0.2) is 0 Å². The molecule has 0 heterocycles. The molecule has 80 valence electrons. The first-order valence-electron chi connectivity index (χ1n) is 4.96. The second-order valence-corrected chi connectivity index (χ2v) is 4.65. The molecule has 0 radical (unpaired) electrons. The molecule has 0 amide bonds. The van der Waals surface area contributed by atoms with Gasteiger partial charge in [0.1, 0.15) is 5.69 Å². The first-order valence-corrected chi connectivity index (χ1v) is 5.77. The lowest BCUT2D eigenvalue weighted by molar-refractivity contribution is 1.35. The van der Waals surface area contributed by atoms with Gasteiger partial charge in [0.25, 0.3) is 0 Å². The molecule has 0 aliphatic rings. The van der Waals surface area contributed by atoms with E-state index in [2.05, 4.69) is 36.4 Å². The van der Waals surface area contributed by atoms with Crippen molar-refractivity contribution in [3.63, 3.8) is 0 Å². The summed E-state index contributed by atoms with van der Waals surface area (Å²) in [6.07, 6.45) is 0. The molecule has 0 bridgehead atoms. The van der Waals surface area contributed by atoms with Crippen LogP contribution < -0.4 is 0 Å². The molecule has 0 fully saturated rings. The predicted octanol–water partition coefficient (Wildman–Crippen LogP) is 4.54. The van der Waals surface area contributed by atoms with Gasteiger partial charge in [-0.2, -0.15) is 0 Å². The number of nitrogens with zero attached hydrogens (tertiary/aromatic N) is 1. The Morgan fingerprint density at radius 3 is 2.44 bits per heavy atom. The van der Waals surface area contributed by atoms with Crippen molar-refractivity contribution in [2.45, 2.75) is 16.7 Å². The maximum Gasteiger partial charge on any atom is 0.109 e. The van der Waals surface area contributed by atoms with Crippen molar-refractivity contribution in [2.24, 2.45) is 5.18 Å². The summed E-state index contributed by atoms with van der Waals surface area (Å²) in [5, 5.41) is 2.92. The second-order valence-electron chi connectivity index (χ2n) is 3.50. The zero-order chi connectivity index (χ0) is 11.4. The van der Waals surface area contributed by atoms with Gasteiger partial charge in [-0.1, -0.05) is 35.5 Å². The summed E-state index contributed by atoms with van der Waals surface area (Å²) in [5.41, 5.74) is 1.71. The van der Waals surface area contributed by atoms with Crippen LogP contribution in [0.4, 0.5) is 5.69 Å². The van der Waals surface area contributed by atoms with E-state index in [1.807, 2.05) is 12.1 Å². The molecule has 0 saturated heterocycles. The van der Waals surface area contributed by atoms with Crippen LogP contribution in [0, 0.1) is 11.8 Å². The van der Waals surface area contributed by atoms with Crippen molar-refractivity contribution in [1.82, 2.24) is 0 Å². The van der Waals surface area contributed by atoms with Crippen LogP contribution in [-0.4, -0.2) is 0 Å². The van der Waals surface area contributed by atoms with Crippen molar-refractivity contribution >= 4 is 17.4 Å². The Labute approximate surface area is 98.7 Å². The smallest absolute Gasteiger partial charge is 0.109 e. The van der Waals surface area contributed by atoms with Gasteiger partial charge in [0.05, 0.1) is 0 Å². The maximum absolute atomic E-state index is 10.4. The number of nitroso groups, excluding NO2 is 1. The van der Waals surface area contributed by atoms with Crippen molar-refractivity contribution in [3.8, 4) is 0 Å². The van der Waals surface area contributed by atoms with E-state index in [1.54, 1.807) is 23.9 Å². The topological polar surface area (TPSA) is 29.4 Å². The van der Waals surface area contributed by atoms with Gasteiger partial charge in [0, 0.05) is 9.79 Å². The number of aryl methyl sites for hydroxylation is 1. The molecular weight excluding hydrogens is 218 g/mol. The highest BCUT2D eigenvalue weighted by molar-refractivity contribution is 7.99. The van der Waals surface area contributed by atoms with Crippen LogP contribution in [-0.2, 0) is 0 Å². The molecule has 2 aromatic rings. The zero-order valence-electron chi connectivity index (χ0n) is 8.88. The molecule has 3 heteroatoms. The molecule has 2 nitrogen and oxygen atoms in total. The number of hydrogen-bond donors (Lipinski definition) is 0. The summed E-state index contributed by atoms with van der Waals surface area (Å²) >= 11 is 1.63. The molecule has 2 aromatic carbocycles. The van der Waals surface area contributed by atoms with Crippen LogP contribution in [0.2, 0.25) is 0 Å². The summed E-state index contributed by atoms with van der Waals surface area (Å²) in [5.74, 6) is 0. The Morgan fingerprint density at radius 1 is 1.00 bits per heavy atom. The highest BCUT2D eigenvalue weighted by Crippen LogP contribution is 2.29. The Bertz CT molecular complexity index is 494. The molecule has 0 N–H and O–H groups in total. The van der Waals surface area contributed by atoms with Gasteiger partial charge in [-0.05, 0) is 42.4 Å². The molecule has 0 aliphatic heterocycles. The quantitative estimate of drug-likeness (QED) is 0.723. The summed E-state index contributed by atoms with van der Waals surface area (Å²) in [6.45, 7) is 2.06. The van der Waals surface area contributed by atoms with Crippen molar-refractivity contribution < 1.29 is 0 Å². The largest absolute Gasteiger partial charge is 0.145 e. The second kappa shape index (κ2) is 4.94. The predicted molar refractivity (Wildman–Crippen MR) is 67.2 cm³/mol. The van der Waals surface area contributed by atoms with E-state index in [0.29, 0.717) is 5.69 Å². The van der Waals surface area contributed by atoms with Gasteiger partial charge < -0.3 is 0 Å². The molecule has 0 atom stereocenters. The Morgan fingerprint density at radius 2 is 1.75 bits per heavy atom. The summed E-state index contributed by atoms with van der Waals surface area (Å²) in [4.78, 5) is 12.6. The van der Waals surface area contributed by atoms with E-state index in [-0.39, 0.29) is 0 Å². The van der Waals surface area contributed by atoms with Crippen LogP contribution in [0.15, 0.2) is 63.5 Å². The number of benzene rings is 2. The van der Waals surface area contributed by atoms with Crippen LogP contribution >= 0.6 is 11.8 Å². The first kappa shape index (κ1) is 10.9. The van der Waals surface area contributed by atoms with E-state index in [9.17, 15) is 4.91 Å². The van der Waals surface area contributed by atoms with E-state index in [4.69, 9.17) is 0 Å². The Kier molecular flexibility index (Phi) is 3.37. The van der Waals surface area contributed by atoms with Crippen molar-refractivity contribution in [1.29, 1.82) is 0 Å². The fraction of sp³-hybridized carbons (Fsp3) is 0.0769. The van der Waals surface area contributed by atoms with Crippen LogP contribution in [0.3, 0.4) is 0 Å². The third-order valence-corrected chi connectivity index (χ3v) is 3.18. The Balaban J connectivity index is 2.20. The lowest BCUT2D eigenvalue weighted by atomic mass is 10.2. The normalized spacial score (nSPS) is 10.1. The molecular formula is C13H11NOS. The average Bonchev–Trinajstić information content (AvgIpc) is 2.32. The van der Waals surface area contributed by atoms with Crippen molar-refractivity contribution in [3.05, 3.63) is 59.0 Å². The monoisotopic (exact) mass is 229 g/mol. The van der Waals surface area contributed by atoms with E-state index in [0.717, 1.165) is 9.79 Å². The lowest BCUT2D eigenvalue weighted by Crippen LogP contribution is -1.75. The number of hydrogen-bond acceptors (Lipinski definition) is 3. The maximum atomic E-state index is 10.4. The molecule has 0 aliphatic carbocycles. The van der Waals surface area contributed by atoms with E-state index >= 15 is 0 Å². The minimum atomic E-state index is 0.470. The molecule has 16 heavy (non-hydrogen) atoms. The van der Waals surface area contributed by atoms with Gasteiger partial charge in [0.15, 0.2) is 0 Å². The summed E-state index contributed by atoms with van der Waals surface area (Å²) < 4.78 is 0. The fourth-order valence-corrected chi connectivity index (χ4v) is 2.22. The molecule has 0 unspecified atom stereocenters. The highest BCUT2D eigenvalue weighted by Gasteiger charge is 1.98. The zero-order valence-corrected chi connectivity index (χ0v) is 9.70. The van der Waals surface area contributed by atoms with Crippen LogP contribution in [0.25, 0.3) is 0 Å². The standard InChI is InChI=1S/C13H11NOS/c1-10-5-7-12(8-6-10)16-13-4-2-3-11(9-13)14-15/h2-9H,1H3. The highest BCUT2D eigenvalue weighted by atomic mass is 32.2. The lowest BCUT2D eigenvalue weighted by Gasteiger charge is -2.02. The SMILES string of the molecule is Cc1ccc(Sc2cccc(N=O)c2)cc1. The van der Waals surface area contributed by atoms with Crippen molar-refractivity contribution in [2.75, 3.05) is 0 Å². The minimum Gasteiger partial charge on any atom is -0.145 e. The molecule has 0 spiro atoms. The number of rotatable bonds is 3. The molecule has 0 aromatic heterocycles. The van der Waals surface area contributed by atoms with Gasteiger partial charge in [-0.15, -0.1) is 4.91 Å². The average molecular weight is 229 g/mol. The van der Waals surface area contributed by atoms with E-state index in [1.165, 1.54) is 5.56 Å². The van der Waals surface area contributed by atoms with Crippen LogP contribution in [0.5, 0.6) is 0 Å². The third-order valence-electron chi connectivity index (χ3n) is 2.18. The van der Waals surface area contributed by atoms with E-state index < -0.39 is 0 Å². The first-order chi connectivity index (χ1) is 7.78. The minimum absolute atomic E-state index is 0.470.